The Morgan fingerprint density at radius 2 is 2.07 bits per heavy atom. The van der Waals surface area contributed by atoms with Crippen LogP contribution in [0.5, 0.6) is 0 Å². The van der Waals surface area contributed by atoms with E-state index >= 15 is 0 Å². The van der Waals surface area contributed by atoms with Gasteiger partial charge in [-0.3, -0.25) is 5.01 Å². The van der Waals surface area contributed by atoms with E-state index in [1.165, 1.54) is 12.1 Å². The summed E-state index contributed by atoms with van der Waals surface area (Å²) < 4.78 is 41.9. The van der Waals surface area contributed by atoms with Crippen LogP contribution in [-0.2, 0) is 4.74 Å². The van der Waals surface area contributed by atoms with Crippen molar-refractivity contribution in [3.63, 3.8) is 0 Å². The number of nitrogens with one attached hydrogen (secondary N) is 1. The van der Waals surface area contributed by atoms with E-state index in [0.717, 1.165) is 6.08 Å². The summed E-state index contributed by atoms with van der Waals surface area (Å²) in [6, 6.07) is -1.65. The highest BCUT2D eigenvalue weighted by Crippen LogP contribution is 2.26. The number of hydrogen-bond acceptors (Lipinski definition) is 3. The minimum atomic E-state index is -4.28. The topological polar surface area (TPSA) is 24.5 Å². The molecule has 82 valence electrons. The molecule has 0 aromatic heterocycles. The fourth-order valence-corrected chi connectivity index (χ4v) is 1.09. The third kappa shape index (κ3) is 2.54. The lowest BCUT2D eigenvalue weighted by Crippen LogP contribution is -2.43. The van der Waals surface area contributed by atoms with Gasteiger partial charge in [0, 0.05) is 13.1 Å². The van der Waals surface area contributed by atoms with Crippen LogP contribution in [0.2, 0.25) is 0 Å². The molecule has 6 heteroatoms. The molecule has 0 amide bonds. The van der Waals surface area contributed by atoms with Crippen LogP contribution in [-0.4, -0.2) is 30.4 Å². The third-order valence-corrected chi connectivity index (χ3v) is 1.68. The quantitative estimate of drug-likeness (QED) is 0.749. The van der Waals surface area contributed by atoms with E-state index in [2.05, 4.69) is 5.43 Å². The van der Waals surface area contributed by atoms with Gasteiger partial charge in [-0.25, -0.2) is 5.43 Å². The highest BCUT2D eigenvalue weighted by molar-refractivity contribution is 5.07. The molecule has 0 bridgehead atoms. The van der Waals surface area contributed by atoms with Crippen molar-refractivity contribution in [2.24, 2.45) is 0 Å². The zero-order valence-corrected chi connectivity index (χ0v) is 8.22. The second kappa shape index (κ2) is 3.68. The van der Waals surface area contributed by atoms with E-state index in [1.807, 2.05) is 0 Å². The number of halogens is 3. The second-order valence-electron chi connectivity index (χ2n) is 3.38. The monoisotopic (exact) mass is 210 g/mol. The van der Waals surface area contributed by atoms with E-state index in [1.54, 1.807) is 13.8 Å². The van der Waals surface area contributed by atoms with Crippen molar-refractivity contribution >= 4 is 0 Å². The van der Waals surface area contributed by atoms with Crippen LogP contribution in [0.25, 0.3) is 0 Å². The zero-order valence-electron chi connectivity index (χ0n) is 8.22. The molecule has 0 radical (unpaired) electrons. The van der Waals surface area contributed by atoms with E-state index in [4.69, 9.17) is 4.74 Å². The Kier molecular flexibility index (Phi) is 2.94. The van der Waals surface area contributed by atoms with Gasteiger partial charge in [-0.15, -0.1) is 0 Å². The van der Waals surface area contributed by atoms with Crippen molar-refractivity contribution in [1.29, 1.82) is 0 Å². The first-order valence-corrected chi connectivity index (χ1v) is 4.26. The zero-order chi connectivity index (χ0) is 10.9. The van der Waals surface area contributed by atoms with Crippen molar-refractivity contribution < 1.29 is 17.9 Å². The molecular formula is C8H13F3N2O. The van der Waals surface area contributed by atoms with E-state index < -0.39 is 12.2 Å². The fourth-order valence-electron chi connectivity index (χ4n) is 1.09. The van der Waals surface area contributed by atoms with Gasteiger partial charge in [-0.2, -0.15) is 13.2 Å². The highest BCUT2D eigenvalue weighted by atomic mass is 19.4. The molecule has 1 heterocycles. The number of rotatable bonds is 2. The van der Waals surface area contributed by atoms with Gasteiger partial charge in [0.25, 0.3) is 0 Å². The predicted octanol–water partition coefficient (Wildman–Crippen LogP) is 1.63. The standard InChI is InChI=1S/C8H13F3N2O/c1-5(2)14-7-4-6(8(9,10)11)12-13(7)3/h4-6,12H,1-3H3. The van der Waals surface area contributed by atoms with Crippen LogP contribution in [0, 0.1) is 0 Å². The Morgan fingerprint density at radius 3 is 2.43 bits per heavy atom. The van der Waals surface area contributed by atoms with Gasteiger partial charge in [-0.05, 0) is 13.8 Å². The van der Waals surface area contributed by atoms with Gasteiger partial charge in [0.1, 0.15) is 6.04 Å². The van der Waals surface area contributed by atoms with Crippen molar-refractivity contribution in [3.05, 3.63) is 12.0 Å². The molecule has 1 rings (SSSR count). The van der Waals surface area contributed by atoms with E-state index in [9.17, 15) is 13.2 Å². The summed E-state index contributed by atoms with van der Waals surface area (Å²) in [7, 11) is 1.49. The Balaban J connectivity index is 2.68. The molecule has 1 N–H and O–H groups in total. The van der Waals surface area contributed by atoms with Gasteiger partial charge in [-0.1, -0.05) is 0 Å². The second-order valence-corrected chi connectivity index (χ2v) is 3.38. The van der Waals surface area contributed by atoms with Crippen LogP contribution in [0.3, 0.4) is 0 Å². The largest absolute Gasteiger partial charge is 0.476 e. The summed E-state index contributed by atoms with van der Waals surface area (Å²) >= 11 is 0. The summed E-state index contributed by atoms with van der Waals surface area (Å²) in [5, 5.41) is 1.23. The minimum Gasteiger partial charge on any atom is -0.476 e. The SMILES string of the molecule is CC(C)OC1=CC(C(F)(F)F)NN1C. The summed E-state index contributed by atoms with van der Waals surface area (Å²) in [5.41, 5.74) is 2.24. The Labute approximate surface area is 80.5 Å². The van der Waals surface area contributed by atoms with Crippen LogP contribution in [0.15, 0.2) is 12.0 Å². The van der Waals surface area contributed by atoms with Crippen LogP contribution < -0.4 is 5.43 Å². The Hall–Kier alpha value is -0.910. The van der Waals surface area contributed by atoms with Crippen LogP contribution in [0.1, 0.15) is 13.8 Å². The predicted molar refractivity (Wildman–Crippen MR) is 45.0 cm³/mol. The average Bonchev–Trinajstić information content (AvgIpc) is 2.30. The van der Waals surface area contributed by atoms with Gasteiger partial charge in [0.2, 0.25) is 5.88 Å². The molecule has 0 aliphatic carbocycles. The molecule has 0 saturated heterocycles. The number of ether oxygens (including phenoxy) is 1. The molecular weight excluding hydrogens is 197 g/mol. The van der Waals surface area contributed by atoms with E-state index in [0.29, 0.717) is 0 Å². The van der Waals surface area contributed by atoms with Gasteiger partial charge in [0.05, 0.1) is 6.10 Å². The van der Waals surface area contributed by atoms with Crippen LogP contribution >= 0.6 is 0 Å². The molecule has 14 heavy (non-hydrogen) atoms. The van der Waals surface area contributed by atoms with E-state index in [-0.39, 0.29) is 12.0 Å². The fraction of sp³-hybridized carbons (Fsp3) is 0.750. The maximum absolute atomic E-state index is 12.3. The third-order valence-electron chi connectivity index (χ3n) is 1.68. The maximum Gasteiger partial charge on any atom is 0.409 e. The molecule has 1 aliphatic rings. The first-order valence-electron chi connectivity index (χ1n) is 4.26. The van der Waals surface area contributed by atoms with Gasteiger partial charge < -0.3 is 4.74 Å². The number of hydrogen-bond donors (Lipinski definition) is 1. The molecule has 1 aliphatic heterocycles. The average molecular weight is 210 g/mol. The van der Waals surface area contributed by atoms with Crippen molar-refractivity contribution in [3.8, 4) is 0 Å². The summed E-state index contributed by atoms with van der Waals surface area (Å²) in [4.78, 5) is 0. The lowest BCUT2D eigenvalue weighted by atomic mass is 10.3. The first kappa shape index (κ1) is 11.2. The number of hydrazine groups is 1. The van der Waals surface area contributed by atoms with Crippen molar-refractivity contribution in [2.75, 3.05) is 7.05 Å². The molecule has 0 spiro atoms. The molecule has 1 unspecified atom stereocenters. The minimum absolute atomic E-state index is 0.141. The molecule has 0 aromatic carbocycles. The molecule has 0 saturated carbocycles. The summed E-state index contributed by atoms with van der Waals surface area (Å²) in [6.45, 7) is 3.52. The van der Waals surface area contributed by atoms with Crippen molar-refractivity contribution in [2.45, 2.75) is 32.2 Å². The van der Waals surface area contributed by atoms with Gasteiger partial charge >= 0.3 is 6.18 Å². The highest BCUT2D eigenvalue weighted by Gasteiger charge is 2.43. The smallest absolute Gasteiger partial charge is 0.409 e. The molecule has 0 fully saturated rings. The number of nitrogens with zero attached hydrogens (tertiary/aromatic N) is 1. The maximum atomic E-state index is 12.3. The molecule has 0 aromatic rings. The molecule has 3 nitrogen and oxygen atoms in total. The first-order chi connectivity index (χ1) is 6.30. The Morgan fingerprint density at radius 1 is 1.50 bits per heavy atom. The van der Waals surface area contributed by atoms with Crippen molar-refractivity contribution in [1.82, 2.24) is 10.4 Å². The summed E-state index contributed by atoms with van der Waals surface area (Å²) in [6.07, 6.45) is -3.39. The van der Waals surface area contributed by atoms with Crippen LogP contribution in [0.4, 0.5) is 13.2 Å². The Bertz CT molecular complexity index is 237. The van der Waals surface area contributed by atoms with Gasteiger partial charge in [0.15, 0.2) is 0 Å². The lowest BCUT2D eigenvalue weighted by Gasteiger charge is -2.20. The lowest BCUT2D eigenvalue weighted by molar-refractivity contribution is -0.149. The summed E-state index contributed by atoms with van der Waals surface area (Å²) in [5.74, 6) is 0.210. The normalized spacial score (nSPS) is 22.9. The molecule has 1 atom stereocenters. The number of alkyl halides is 3.